The average Bonchev–Trinajstić information content (AvgIpc) is 2.50. The van der Waals surface area contributed by atoms with E-state index in [9.17, 15) is 0 Å². The maximum atomic E-state index is 4.05. The fraction of sp³-hybridized carbons (Fsp3) is 0.667. The van der Waals surface area contributed by atoms with Gasteiger partial charge in [0.2, 0.25) is 0 Å². The summed E-state index contributed by atoms with van der Waals surface area (Å²) in [6.45, 7) is 2.27. The second-order valence-corrected chi connectivity index (χ2v) is 3.39. The summed E-state index contributed by atoms with van der Waals surface area (Å²) in [7, 11) is 0. The van der Waals surface area contributed by atoms with Gasteiger partial charge in [0.05, 0.1) is 6.20 Å². The number of H-pyrrole nitrogens is 1. The second kappa shape index (κ2) is 2.68. The summed E-state index contributed by atoms with van der Waals surface area (Å²) in [5, 5.41) is 7.10. The molecular formula is C9H14N2. The molecule has 0 amide bonds. The molecule has 0 bridgehead atoms. The zero-order valence-electron chi connectivity index (χ0n) is 6.93. The van der Waals surface area contributed by atoms with Gasteiger partial charge in [-0.05, 0) is 30.7 Å². The molecule has 1 atom stereocenters. The van der Waals surface area contributed by atoms with Gasteiger partial charge in [0, 0.05) is 5.69 Å². The number of hydrogen-bond acceptors (Lipinski definition) is 1. The van der Waals surface area contributed by atoms with Gasteiger partial charge >= 0.3 is 0 Å². The first-order valence-corrected chi connectivity index (χ1v) is 4.41. The lowest BCUT2D eigenvalue weighted by molar-refractivity contribution is 0.442. The molecule has 1 aromatic heterocycles. The monoisotopic (exact) mass is 150 g/mol. The van der Waals surface area contributed by atoms with Crippen molar-refractivity contribution in [2.24, 2.45) is 5.92 Å². The third kappa shape index (κ3) is 1.17. The summed E-state index contributed by atoms with van der Waals surface area (Å²) in [6, 6.07) is 0. The van der Waals surface area contributed by atoms with Crippen LogP contribution in [0.25, 0.3) is 0 Å². The van der Waals surface area contributed by atoms with Crippen LogP contribution in [0.2, 0.25) is 0 Å². The van der Waals surface area contributed by atoms with Crippen LogP contribution < -0.4 is 0 Å². The summed E-state index contributed by atoms with van der Waals surface area (Å²) < 4.78 is 0. The van der Waals surface area contributed by atoms with Crippen LogP contribution in [0.15, 0.2) is 6.20 Å². The van der Waals surface area contributed by atoms with Crippen molar-refractivity contribution in [1.29, 1.82) is 0 Å². The van der Waals surface area contributed by atoms with Crippen LogP contribution in [0.5, 0.6) is 0 Å². The van der Waals surface area contributed by atoms with E-state index in [1.807, 2.05) is 6.20 Å². The summed E-state index contributed by atoms with van der Waals surface area (Å²) in [5.41, 5.74) is 2.82. The van der Waals surface area contributed by atoms with Crippen molar-refractivity contribution < 1.29 is 0 Å². The van der Waals surface area contributed by atoms with Crippen molar-refractivity contribution in [3.8, 4) is 0 Å². The molecule has 1 aliphatic carbocycles. The molecule has 0 aliphatic heterocycles. The van der Waals surface area contributed by atoms with Crippen LogP contribution in [0.3, 0.4) is 0 Å². The highest BCUT2D eigenvalue weighted by atomic mass is 15.1. The molecular weight excluding hydrogens is 136 g/mol. The van der Waals surface area contributed by atoms with E-state index in [-0.39, 0.29) is 0 Å². The molecule has 1 aromatic rings. The van der Waals surface area contributed by atoms with Crippen LogP contribution in [-0.2, 0) is 12.8 Å². The first-order chi connectivity index (χ1) is 5.40. The predicted octanol–water partition coefficient (Wildman–Crippen LogP) is 1.92. The lowest BCUT2D eigenvalue weighted by Gasteiger charge is -2.19. The zero-order chi connectivity index (χ0) is 7.68. The fourth-order valence-electron chi connectivity index (χ4n) is 1.84. The van der Waals surface area contributed by atoms with Crippen molar-refractivity contribution in [1.82, 2.24) is 10.2 Å². The number of nitrogens with one attached hydrogen (secondary N) is 1. The molecule has 1 aliphatic rings. The molecule has 2 heteroatoms. The van der Waals surface area contributed by atoms with Gasteiger partial charge in [0.1, 0.15) is 0 Å². The molecule has 0 saturated heterocycles. The predicted molar refractivity (Wildman–Crippen MR) is 44.4 cm³/mol. The van der Waals surface area contributed by atoms with Gasteiger partial charge in [0.25, 0.3) is 0 Å². The van der Waals surface area contributed by atoms with E-state index in [1.165, 1.54) is 36.9 Å². The number of fused-ring (bicyclic) bond motifs is 1. The van der Waals surface area contributed by atoms with Crippen LogP contribution >= 0.6 is 0 Å². The molecule has 0 fully saturated rings. The molecule has 0 spiro atoms. The van der Waals surface area contributed by atoms with E-state index in [2.05, 4.69) is 17.1 Å². The van der Waals surface area contributed by atoms with Gasteiger partial charge in [-0.15, -0.1) is 0 Å². The Labute approximate surface area is 67.0 Å². The van der Waals surface area contributed by atoms with Crippen molar-refractivity contribution in [2.75, 3.05) is 0 Å². The minimum Gasteiger partial charge on any atom is -0.282 e. The van der Waals surface area contributed by atoms with Crippen LogP contribution in [0.4, 0.5) is 0 Å². The molecule has 11 heavy (non-hydrogen) atoms. The van der Waals surface area contributed by atoms with Crippen molar-refractivity contribution >= 4 is 0 Å². The maximum Gasteiger partial charge on any atom is 0.0522 e. The molecule has 0 radical (unpaired) electrons. The van der Waals surface area contributed by atoms with Crippen molar-refractivity contribution in [3.05, 3.63) is 17.5 Å². The normalized spacial score (nSPS) is 23.2. The fourth-order valence-corrected chi connectivity index (χ4v) is 1.84. The summed E-state index contributed by atoms with van der Waals surface area (Å²) in [6.07, 6.45) is 7.07. The highest BCUT2D eigenvalue weighted by Crippen LogP contribution is 2.25. The summed E-state index contributed by atoms with van der Waals surface area (Å²) in [5.74, 6) is 0.903. The molecule has 2 nitrogen and oxygen atoms in total. The van der Waals surface area contributed by atoms with Crippen LogP contribution in [0.1, 0.15) is 31.0 Å². The molecule has 60 valence electrons. The van der Waals surface area contributed by atoms with Crippen LogP contribution in [0, 0.1) is 5.92 Å². The molecule has 1 heterocycles. The molecule has 0 aromatic carbocycles. The minimum absolute atomic E-state index is 0.903. The molecule has 0 saturated carbocycles. The lowest BCUT2D eigenvalue weighted by atomic mass is 9.86. The van der Waals surface area contributed by atoms with Gasteiger partial charge < -0.3 is 0 Å². The molecule has 2 rings (SSSR count). The standard InChI is InChI=1S/C9H14N2/c1-2-7-3-4-9-8(5-7)6-10-11-9/h6-7H,2-5H2,1H3,(H,10,11). The van der Waals surface area contributed by atoms with Crippen molar-refractivity contribution in [3.63, 3.8) is 0 Å². The zero-order valence-corrected chi connectivity index (χ0v) is 6.93. The number of rotatable bonds is 1. The number of nitrogens with zero attached hydrogens (tertiary/aromatic N) is 1. The van der Waals surface area contributed by atoms with E-state index in [0.717, 1.165) is 5.92 Å². The third-order valence-electron chi connectivity index (χ3n) is 2.70. The Morgan fingerprint density at radius 2 is 2.64 bits per heavy atom. The van der Waals surface area contributed by atoms with Crippen LogP contribution in [-0.4, -0.2) is 10.2 Å². The second-order valence-electron chi connectivity index (χ2n) is 3.39. The van der Waals surface area contributed by atoms with Gasteiger partial charge in [-0.2, -0.15) is 5.10 Å². The van der Waals surface area contributed by atoms with E-state index in [0.29, 0.717) is 0 Å². The quantitative estimate of drug-likeness (QED) is 0.651. The summed E-state index contributed by atoms with van der Waals surface area (Å²) >= 11 is 0. The van der Waals surface area contributed by atoms with Gasteiger partial charge in [-0.3, -0.25) is 5.10 Å². The Kier molecular flexibility index (Phi) is 1.68. The number of aromatic nitrogens is 2. The Balaban J connectivity index is 2.18. The van der Waals surface area contributed by atoms with E-state index < -0.39 is 0 Å². The first kappa shape index (κ1) is 6.89. The third-order valence-corrected chi connectivity index (χ3v) is 2.70. The number of hydrogen-bond donors (Lipinski definition) is 1. The topological polar surface area (TPSA) is 28.7 Å². The van der Waals surface area contributed by atoms with E-state index in [1.54, 1.807) is 0 Å². The van der Waals surface area contributed by atoms with Crippen molar-refractivity contribution in [2.45, 2.75) is 32.6 Å². The van der Waals surface area contributed by atoms with Gasteiger partial charge in [-0.1, -0.05) is 13.3 Å². The smallest absolute Gasteiger partial charge is 0.0522 e. The minimum atomic E-state index is 0.903. The highest BCUT2D eigenvalue weighted by molar-refractivity contribution is 5.19. The molecule has 1 N–H and O–H groups in total. The number of aryl methyl sites for hydroxylation is 1. The number of aromatic amines is 1. The maximum absolute atomic E-state index is 4.05. The Morgan fingerprint density at radius 3 is 3.45 bits per heavy atom. The van der Waals surface area contributed by atoms with E-state index in [4.69, 9.17) is 0 Å². The lowest BCUT2D eigenvalue weighted by Crippen LogP contribution is -2.12. The highest BCUT2D eigenvalue weighted by Gasteiger charge is 2.17. The molecule has 1 unspecified atom stereocenters. The van der Waals surface area contributed by atoms with Gasteiger partial charge in [0.15, 0.2) is 0 Å². The van der Waals surface area contributed by atoms with E-state index >= 15 is 0 Å². The Hall–Kier alpha value is -0.790. The average molecular weight is 150 g/mol. The Morgan fingerprint density at radius 1 is 1.73 bits per heavy atom. The first-order valence-electron chi connectivity index (χ1n) is 4.41. The summed E-state index contributed by atoms with van der Waals surface area (Å²) in [4.78, 5) is 0. The largest absolute Gasteiger partial charge is 0.282 e. The SMILES string of the molecule is CCC1CCc2[nH]ncc2C1. The Bertz CT molecular complexity index is 239. The van der Waals surface area contributed by atoms with Gasteiger partial charge in [-0.25, -0.2) is 0 Å².